The molecule has 4 nitrogen and oxygen atoms in total. The van der Waals surface area contributed by atoms with Crippen LogP contribution in [0.15, 0.2) is 18.2 Å². The summed E-state index contributed by atoms with van der Waals surface area (Å²) in [6.07, 6.45) is 3.02. The molecule has 1 heterocycles. The first-order valence-corrected chi connectivity index (χ1v) is 9.59. The lowest BCUT2D eigenvalue weighted by atomic mass is 9.91. The van der Waals surface area contributed by atoms with Gasteiger partial charge in [0.1, 0.15) is 5.82 Å². The average molecular weight is 328 g/mol. The van der Waals surface area contributed by atoms with Gasteiger partial charge in [-0.05, 0) is 36.5 Å². The van der Waals surface area contributed by atoms with Crippen molar-refractivity contribution < 1.29 is 12.8 Å². The zero-order valence-corrected chi connectivity index (χ0v) is 14.3. The van der Waals surface area contributed by atoms with Crippen LogP contribution in [0.25, 0.3) is 0 Å². The first-order valence-electron chi connectivity index (χ1n) is 7.74. The smallest absolute Gasteiger partial charge is 0.211 e. The van der Waals surface area contributed by atoms with Gasteiger partial charge in [0.25, 0.3) is 0 Å². The van der Waals surface area contributed by atoms with Crippen molar-refractivity contribution in [2.45, 2.75) is 39.3 Å². The number of nitrogens with zero attached hydrogens (tertiary/aromatic N) is 1. The van der Waals surface area contributed by atoms with Gasteiger partial charge < -0.3 is 5.32 Å². The van der Waals surface area contributed by atoms with Crippen LogP contribution in [0.3, 0.4) is 0 Å². The molecule has 22 heavy (non-hydrogen) atoms. The predicted molar refractivity (Wildman–Crippen MR) is 86.6 cm³/mol. The summed E-state index contributed by atoms with van der Waals surface area (Å²) in [6, 6.07) is 5.44. The molecule has 0 unspecified atom stereocenters. The molecule has 124 valence electrons. The van der Waals surface area contributed by atoms with E-state index >= 15 is 0 Å². The monoisotopic (exact) mass is 328 g/mol. The third kappa shape index (κ3) is 4.27. The third-order valence-electron chi connectivity index (χ3n) is 4.48. The van der Waals surface area contributed by atoms with E-state index in [4.69, 9.17) is 0 Å². The number of halogens is 1. The first kappa shape index (κ1) is 17.4. The summed E-state index contributed by atoms with van der Waals surface area (Å²) < 4.78 is 38.2. The van der Waals surface area contributed by atoms with E-state index in [1.54, 1.807) is 17.3 Å². The fourth-order valence-electron chi connectivity index (χ4n) is 3.05. The van der Waals surface area contributed by atoms with Crippen LogP contribution in [0.5, 0.6) is 0 Å². The average Bonchev–Trinajstić information content (AvgIpc) is 2.47. The van der Waals surface area contributed by atoms with Gasteiger partial charge in [0.15, 0.2) is 0 Å². The molecule has 1 aliphatic rings. The second-order valence-electron chi connectivity index (χ2n) is 6.15. The normalized spacial score (nSPS) is 23.6. The number of piperidine rings is 1. The fourth-order valence-corrected chi connectivity index (χ4v) is 3.95. The third-order valence-corrected chi connectivity index (χ3v) is 5.75. The molecule has 0 amide bonds. The summed E-state index contributed by atoms with van der Waals surface area (Å²) in [4.78, 5) is 0. The van der Waals surface area contributed by atoms with Crippen molar-refractivity contribution in [1.29, 1.82) is 0 Å². The summed E-state index contributed by atoms with van der Waals surface area (Å²) >= 11 is 0. The van der Waals surface area contributed by atoms with Crippen LogP contribution in [0.2, 0.25) is 0 Å². The van der Waals surface area contributed by atoms with Gasteiger partial charge in [-0.3, -0.25) is 0 Å². The van der Waals surface area contributed by atoms with Crippen LogP contribution in [0, 0.1) is 18.7 Å². The Balaban J connectivity index is 1.96. The second-order valence-corrected chi connectivity index (χ2v) is 8.13. The van der Waals surface area contributed by atoms with Crippen LogP contribution >= 0.6 is 0 Å². The number of sulfonamides is 1. The Morgan fingerprint density at radius 3 is 2.73 bits per heavy atom. The van der Waals surface area contributed by atoms with Crippen molar-refractivity contribution in [1.82, 2.24) is 9.62 Å². The molecule has 2 atom stereocenters. The number of nitrogens with one attached hydrogen (secondary N) is 1. The minimum Gasteiger partial charge on any atom is -0.310 e. The number of hydrogen-bond donors (Lipinski definition) is 1. The molecule has 6 heteroatoms. The van der Waals surface area contributed by atoms with E-state index in [0.717, 1.165) is 18.4 Å². The maximum absolute atomic E-state index is 13.3. The Labute approximate surface area is 132 Å². The molecular weight excluding hydrogens is 303 g/mol. The van der Waals surface area contributed by atoms with E-state index in [2.05, 4.69) is 12.2 Å². The summed E-state index contributed by atoms with van der Waals surface area (Å²) in [5.41, 5.74) is 1.71. The molecule has 1 aromatic carbocycles. The molecule has 0 radical (unpaired) electrons. The van der Waals surface area contributed by atoms with E-state index in [9.17, 15) is 12.8 Å². The number of rotatable bonds is 5. The molecule has 1 N–H and O–H groups in total. The second kappa shape index (κ2) is 7.06. The topological polar surface area (TPSA) is 49.4 Å². The van der Waals surface area contributed by atoms with E-state index in [1.807, 2.05) is 6.07 Å². The standard InChI is InChI=1S/C16H25FN2O2S/c1-4-14-11-19(22(3,20)21)8-7-16(14)18-10-13-5-6-15(17)12(2)9-13/h5-6,9,14,16,18H,4,7-8,10-11H2,1-3H3/t14-,16+/m0/s1. The molecular formula is C16H25FN2O2S. The lowest BCUT2D eigenvalue weighted by Crippen LogP contribution is -2.50. The van der Waals surface area contributed by atoms with Gasteiger partial charge in [-0.25, -0.2) is 17.1 Å². The van der Waals surface area contributed by atoms with Crippen LogP contribution in [-0.4, -0.2) is 38.1 Å². The Hall–Kier alpha value is -0.980. The van der Waals surface area contributed by atoms with Gasteiger partial charge in [-0.15, -0.1) is 0 Å². The minimum atomic E-state index is -3.11. The Morgan fingerprint density at radius 1 is 1.41 bits per heavy atom. The lowest BCUT2D eigenvalue weighted by molar-refractivity contribution is 0.202. The summed E-state index contributed by atoms with van der Waals surface area (Å²) in [6.45, 7) is 5.68. The molecule has 0 saturated carbocycles. The molecule has 1 fully saturated rings. The molecule has 1 saturated heterocycles. The van der Waals surface area contributed by atoms with Crippen molar-refractivity contribution in [2.75, 3.05) is 19.3 Å². The zero-order chi connectivity index (χ0) is 16.3. The summed E-state index contributed by atoms with van der Waals surface area (Å²) in [5, 5.41) is 3.51. The van der Waals surface area contributed by atoms with Crippen molar-refractivity contribution in [2.24, 2.45) is 5.92 Å². The van der Waals surface area contributed by atoms with E-state index in [0.29, 0.717) is 37.2 Å². The van der Waals surface area contributed by atoms with Gasteiger partial charge in [0, 0.05) is 25.7 Å². The van der Waals surface area contributed by atoms with Gasteiger partial charge >= 0.3 is 0 Å². The van der Waals surface area contributed by atoms with Crippen LogP contribution < -0.4 is 5.32 Å². The summed E-state index contributed by atoms with van der Waals surface area (Å²) in [5.74, 6) is 0.127. The lowest BCUT2D eigenvalue weighted by Gasteiger charge is -2.37. The maximum atomic E-state index is 13.3. The maximum Gasteiger partial charge on any atom is 0.211 e. The molecule has 0 spiro atoms. The van der Waals surface area contributed by atoms with Gasteiger partial charge in [-0.1, -0.05) is 25.5 Å². The number of hydrogen-bond acceptors (Lipinski definition) is 3. The first-order chi connectivity index (χ1) is 10.3. The van der Waals surface area contributed by atoms with E-state index < -0.39 is 10.0 Å². The highest BCUT2D eigenvalue weighted by Gasteiger charge is 2.31. The van der Waals surface area contributed by atoms with Crippen LogP contribution in [0.4, 0.5) is 4.39 Å². The van der Waals surface area contributed by atoms with Crippen molar-refractivity contribution in [3.05, 3.63) is 35.1 Å². The summed E-state index contributed by atoms with van der Waals surface area (Å²) in [7, 11) is -3.11. The van der Waals surface area contributed by atoms with E-state index in [-0.39, 0.29) is 5.82 Å². The number of benzene rings is 1. The predicted octanol–water partition coefficient (Wildman–Crippen LogP) is 2.28. The van der Waals surface area contributed by atoms with Crippen molar-refractivity contribution >= 4 is 10.0 Å². The molecule has 0 aromatic heterocycles. The zero-order valence-electron chi connectivity index (χ0n) is 13.5. The molecule has 0 bridgehead atoms. The largest absolute Gasteiger partial charge is 0.310 e. The highest BCUT2D eigenvalue weighted by atomic mass is 32.2. The van der Waals surface area contributed by atoms with Crippen molar-refractivity contribution in [3.63, 3.8) is 0 Å². The molecule has 2 rings (SSSR count). The van der Waals surface area contributed by atoms with Gasteiger partial charge in [0.2, 0.25) is 10.0 Å². The van der Waals surface area contributed by atoms with Crippen molar-refractivity contribution in [3.8, 4) is 0 Å². The van der Waals surface area contributed by atoms with Crippen LogP contribution in [-0.2, 0) is 16.6 Å². The minimum absolute atomic E-state index is 0.184. The Bertz CT molecular complexity index is 619. The van der Waals surface area contributed by atoms with Gasteiger partial charge in [-0.2, -0.15) is 0 Å². The Morgan fingerprint density at radius 2 is 2.14 bits per heavy atom. The molecule has 1 aromatic rings. The van der Waals surface area contributed by atoms with E-state index in [1.165, 1.54) is 12.3 Å². The molecule has 1 aliphatic heterocycles. The Kier molecular flexibility index (Phi) is 5.58. The highest BCUT2D eigenvalue weighted by Crippen LogP contribution is 2.22. The van der Waals surface area contributed by atoms with Crippen LogP contribution in [0.1, 0.15) is 30.9 Å². The number of aryl methyl sites for hydroxylation is 1. The highest BCUT2D eigenvalue weighted by molar-refractivity contribution is 7.88. The van der Waals surface area contributed by atoms with Gasteiger partial charge in [0.05, 0.1) is 6.26 Å². The SMILES string of the molecule is CC[C@H]1CN(S(C)(=O)=O)CC[C@H]1NCc1ccc(F)c(C)c1. The molecule has 0 aliphatic carbocycles. The fraction of sp³-hybridized carbons (Fsp3) is 0.625. The quantitative estimate of drug-likeness (QED) is 0.902.